The third-order valence-corrected chi connectivity index (χ3v) is 4.97. The second kappa shape index (κ2) is 11.0. The number of hydrogen-bond acceptors (Lipinski definition) is 6. The predicted molar refractivity (Wildman–Crippen MR) is 117 cm³/mol. The number of fused-ring (bicyclic) bond motifs is 2. The molecular weight excluding hydrogens is 366 g/mol. The zero-order valence-corrected chi connectivity index (χ0v) is 17.5. The minimum Gasteiger partial charge on any atom is -0.754 e. The van der Waals surface area contributed by atoms with Crippen LogP contribution < -0.4 is 25.8 Å². The van der Waals surface area contributed by atoms with E-state index in [2.05, 4.69) is 36.6 Å². The molecule has 0 unspecified atom stereocenters. The van der Waals surface area contributed by atoms with Crippen LogP contribution in [0.2, 0.25) is 0 Å². The first-order valence-corrected chi connectivity index (χ1v) is 10.6. The fourth-order valence-corrected chi connectivity index (χ4v) is 3.47. The maximum absolute atomic E-state index is 12.6. The molecule has 0 saturated carbocycles. The number of benzene rings is 1. The highest BCUT2D eigenvalue weighted by atomic mass is 16.5. The molecule has 1 aromatic rings. The lowest BCUT2D eigenvalue weighted by atomic mass is 9.97. The normalized spacial score (nSPS) is 15.1. The molecule has 29 heavy (non-hydrogen) atoms. The molecule has 0 radical (unpaired) electrons. The number of rotatable bonds is 12. The molecule has 3 rings (SSSR count). The van der Waals surface area contributed by atoms with Crippen LogP contribution in [0.25, 0.3) is 11.8 Å². The largest absolute Gasteiger partial charge is 0.754 e. The van der Waals surface area contributed by atoms with Gasteiger partial charge in [-0.15, -0.1) is 0 Å². The molecule has 1 aliphatic heterocycles. The van der Waals surface area contributed by atoms with Gasteiger partial charge in [-0.25, -0.2) is 0 Å². The van der Waals surface area contributed by atoms with Crippen LogP contribution in [-0.4, -0.2) is 44.5 Å². The molecule has 0 amide bonds. The fourth-order valence-electron chi connectivity index (χ4n) is 3.47. The quantitative estimate of drug-likeness (QED) is 0.525. The van der Waals surface area contributed by atoms with Crippen LogP contribution in [-0.2, 0) is 4.74 Å². The Bertz CT molecular complexity index is 861. The maximum atomic E-state index is 12.6. The number of allylic oxidation sites excluding steroid dienone is 3. The van der Waals surface area contributed by atoms with Crippen molar-refractivity contribution in [2.45, 2.75) is 33.1 Å². The number of hydrogen-bond donors (Lipinski definition) is 2. The molecule has 0 fully saturated rings. The molecule has 2 N–H and O–H groups in total. The molecule has 1 heterocycles. The molecule has 2 aliphatic rings. The van der Waals surface area contributed by atoms with Gasteiger partial charge in [0.25, 0.3) is 0 Å². The Morgan fingerprint density at radius 2 is 1.76 bits per heavy atom. The van der Waals surface area contributed by atoms with Gasteiger partial charge in [0.1, 0.15) is 11.5 Å². The van der Waals surface area contributed by atoms with Gasteiger partial charge in [0.2, 0.25) is 0 Å². The topological polar surface area (TPSA) is 68.8 Å². The molecule has 0 spiro atoms. The van der Waals surface area contributed by atoms with E-state index in [0.717, 1.165) is 71.6 Å². The van der Waals surface area contributed by atoms with Crippen LogP contribution in [0.3, 0.4) is 0 Å². The molecule has 158 valence electrons. The van der Waals surface area contributed by atoms with Crippen LogP contribution >= 0.6 is 0 Å². The van der Waals surface area contributed by atoms with Crippen molar-refractivity contribution in [3.63, 3.8) is 0 Å². The van der Waals surface area contributed by atoms with E-state index in [9.17, 15) is 5.21 Å². The van der Waals surface area contributed by atoms with Crippen LogP contribution in [0.4, 0.5) is 0 Å². The minimum atomic E-state index is 0.644. The van der Waals surface area contributed by atoms with Crippen LogP contribution in [0.1, 0.15) is 33.1 Å². The third-order valence-electron chi connectivity index (χ3n) is 4.97. The van der Waals surface area contributed by atoms with E-state index in [1.165, 1.54) is 0 Å². The van der Waals surface area contributed by atoms with E-state index in [4.69, 9.17) is 9.47 Å². The van der Waals surface area contributed by atoms with Gasteiger partial charge in [-0.05, 0) is 74.4 Å². The summed E-state index contributed by atoms with van der Waals surface area (Å²) in [7, 11) is 0. The molecule has 1 aromatic carbocycles. The second-order valence-corrected chi connectivity index (χ2v) is 7.13. The number of nitrogens with one attached hydrogen (secondary N) is 2. The summed E-state index contributed by atoms with van der Waals surface area (Å²) in [6, 6.07) is 5.99. The molecule has 6 heteroatoms. The van der Waals surface area contributed by atoms with Gasteiger partial charge in [-0.2, -0.15) is 0 Å². The Morgan fingerprint density at radius 1 is 1.03 bits per heavy atom. The van der Waals surface area contributed by atoms with Crippen LogP contribution in [0, 0.1) is 5.21 Å². The number of ether oxygens (including phenoxy) is 2. The maximum Gasteiger partial charge on any atom is 0.119 e. The average Bonchev–Trinajstić information content (AvgIpc) is 2.73. The van der Waals surface area contributed by atoms with Crippen molar-refractivity contribution < 1.29 is 9.47 Å². The Balaban J connectivity index is 1.66. The standard InChI is InChI=1S/C23H32N3O3/c1-3-24-11-5-13-28-19-7-9-21-18(15-19)17-26(27)23-16-20(8-10-22(21)23)29-14-6-12-25-4-2/h7-9,15-17,24-25H,3-6,10-14H2,1-2H3/q-1. The monoisotopic (exact) mass is 398 g/mol. The summed E-state index contributed by atoms with van der Waals surface area (Å²) in [4.78, 5) is 0. The van der Waals surface area contributed by atoms with E-state index in [1.54, 1.807) is 6.20 Å². The second-order valence-electron chi connectivity index (χ2n) is 7.13. The Morgan fingerprint density at radius 3 is 2.48 bits per heavy atom. The van der Waals surface area contributed by atoms with Crippen LogP contribution in [0.15, 0.2) is 41.8 Å². The third kappa shape index (κ3) is 5.85. The molecule has 0 aromatic heterocycles. The zero-order chi connectivity index (χ0) is 20.5. The summed E-state index contributed by atoms with van der Waals surface area (Å²) in [5, 5.41) is 22.1. The molecule has 0 saturated heterocycles. The van der Waals surface area contributed by atoms with Gasteiger partial charge in [-0.3, -0.25) is 0 Å². The summed E-state index contributed by atoms with van der Waals surface area (Å²) in [5.74, 6) is 1.58. The summed E-state index contributed by atoms with van der Waals surface area (Å²) >= 11 is 0. The van der Waals surface area contributed by atoms with Crippen molar-refractivity contribution in [1.82, 2.24) is 15.7 Å². The van der Waals surface area contributed by atoms with E-state index in [-0.39, 0.29) is 0 Å². The van der Waals surface area contributed by atoms with Crippen molar-refractivity contribution >= 4 is 11.8 Å². The summed E-state index contributed by atoms with van der Waals surface area (Å²) < 4.78 is 11.7. The Labute approximate surface area is 173 Å². The first-order chi connectivity index (χ1) is 14.2. The van der Waals surface area contributed by atoms with Crippen molar-refractivity contribution in [1.29, 1.82) is 0 Å². The van der Waals surface area contributed by atoms with E-state index >= 15 is 0 Å². The van der Waals surface area contributed by atoms with Gasteiger partial charge in [0.05, 0.1) is 13.2 Å². The molecule has 0 bridgehead atoms. The SMILES string of the molecule is CCNCCCOC1=CCC2=c3ccc(OCCCNCC)cc3=CN([O-])C2=C1. The summed E-state index contributed by atoms with van der Waals surface area (Å²) in [6.07, 6.45) is 8.12. The van der Waals surface area contributed by atoms with Gasteiger partial charge in [0, 0.05) is 23.2 Å². The van der Waals surface area contributed by atoms with Gasteiger partial charge < -0.3 is 30.4 Å². The molecule has 0 atom stereocenters. The first kappa shape index (κ1) is 21.4. The highest BCUT2D eigenvalue weighted by molar-refractivity contribution is 5.72. The first-order valence-electron chi connectivity index (χ1n) is 10.6. The van der Waals surface area contributed by atoms with Crippen molar-refractivity contribution in [3.05, 3.63) is 57.5 Å². The number of hydroxylamine groups is 2. The smallest absolute Gasteiger partial charge is 0.119 e. The molecule has 1 aliphatic carbocycles. The van der Waals surface area contributed by atoms with E-state index in [1.807, 2.05) is 18.2 Å². The van der Waals surface area contributed by atoms with Gasteiger partial charge in [-0.1, -0.05) is 19.9 Å². The van der Waals surface area contributed by atoms with Crippen molar-refractivity contribution in [2.75, 3.05) is 39.4 Å². The number of nitrogens with zero attached hydrogens (tertiary/aromatic N) is 1. The Kier molecular flexibility index (Phi) is 8.16. The van der Waals surface area contributed by atoms with E-state index < -0.39 is 0 Å². The van der Waals surface area contributed by atoms with E-state index in [0.29, 0.717) is 25.3 Å². The lowest BCUT2D eigenvalue weighted by molar-refractivity contribution is 0.217. The Hall–Kier alpha value is -2.28. The van der Waals surface area contributed by atoms with Crippen molar-refractivity contribution in [2.24, 2.45) is 0 Å². The zero-order valence-electron chi connectivity index (χ0n) is 17.5. The highest BCUT2D eigenvalue weighted by Gasteiger charge is 2.17. The summed E-state index contributed by atoms with van der Waals surface area (Å²) in [6.45, 7) is 9.30. The summed E-state index contributed by atoms with van der Waals surface area (Å²) in [5.41, 5.74) is 1.71. The lowest BCUT2D eigenvalue weighted by Gasteiger charge is -2.35. The predicted octanol–water partition coefficient (Wildman–Crippen LogP) is 1.95. The van der Waals surface area contributed by atoms with Gasteiger partial charge >= 0.3 is 0 Å². The minimum absolute atomic E-state index is 0.644. The lowest BCUT2D eigenvalue weighted by Crippen LogP contribution is -2.36. The highest BCUT2D eigenvalue weighted by Crippen LogP contribution is 2.28. The molecular formula is C23H32N3O3-. The average molecular weight is 399 g/mol. The molecule has 6 nitrogen and oxygen atoms in total. The van der Waals surface area contributed by atoms with Crippen molar-refractivity contribution in [3.8, 4) is 5.75 Å². The van der Waals surface area contributed by atoms with Crippen LogP contribution in [0.5, 0.6) is 5.75 Å². The van der Waals surface area contributed by atoms with Gasteiger partial charge in [0.15, 0.2) is 0 Å². The fraction of sp³-hybridized carbons (Fsp3) is 0.478.